The van der Waals surface area contributed by atoms with Crippen molar-refractivity contribution in [3.8, 4) is 5.75 Å². The molecule has 0 unspecified atom stereocenters. The lowest BCUT2D eigenvalue weighted by atomic mass is 10.1. The molecule has 1 aliphatic heterocycles. The van der Waals surface area contributed by atoms with E-state index in [1.54, 1.807) is 7.11 Å². The van der Waals surface area contributed by atoms with Crippen LogP contribution in [-0.4, -0.2) is 25.2 Å². The third-order valence-corrected chi connectivity index (χ3v) is 3.61. The fraction of sp³-hybridized carbons (Fsp3) is 0.400. The van der Waals surface area contributed by atoms with E-state index in [1.807, 2.05) is 24.4 Å². The van der Waals surface area contributed by atoms with Crippen LogP contribution in [0.2, 0.25) is 0 Å². The molecule has 1 aromatic carbocycles. The molecular formula is C15H18N2O. The van der Waals surface area contributed by atoms with E-state index < -0.39 is 0 Å². The number of aromatic nitrogens is 1. The van der Waals surface area contributed by atoms with Crippen LogP contribution in [0.1, 0.15) is 19.3 Å². The number of methoxy groups -OCH3 is 1. The Balaban J connectivity index is 2.16. The molecule has 3 nitrogen and oxygen atoms in total. The Morgan fingerprint density at radius 1 is 1.11 bits per heavy atom. The first kappa shape index (κ1) is 11.3. The summed E-state index contributed by atoms with van der Waals surface area (Å²) in [5.41, 5.74) is 2.25. The first-order chi connectivity index (χ1) is 8.90. The van der Waals surface area contributed by atoms with E-state index in [1.165, 1.54) is 30.3 Å². The van der Waals surface area contributed by atoms with Crippen molar-refractivity contribution in [3.63, 3.8) is 0 Å². The molecule has 1 saturated heterocycles. The van der Waals surface area contributed by atoms with Gasteiger partial charge in [0.25, 0.3) is 0 Å². The van der Waals surface area contributed by atoms with Gasteiger partial charge in [0.15, 0.2) is 0 Å². The van der Waals surface area contributed by atoms with E-state index in [0.29, 0.717) is 0 Å². The zero-order valence-corrected chi connectivity index (χ0v) is 10.7. The molecule has 1 aliphatic rings. The molecule has 3 heteroatoms. The van der Waals surface area contributed by atoms with Gasteiger partial charge in [-0.2, -0.15) is 0 Å². The van der Waals surface area contributed by atoms with Gasteiger partial charge in [0.2, 0.25) is 0 Å². The number of anilines is 1. The molecule has 3 rings (SSSR count). The third-order valence-electron chi connectivity index (χ3n) is 3.61. The lowest BCUT2D eigenvalue weighted by Crippen LogP contribution is -2.29. The molecule has 0 atom stereocenters. The first-order valence-electron chi connectivity index (χ1n) is 6.57. The second-order valence-corrected chi connectivity index (χ2v) is 4.73. The maximum absolute atomic E-state index is 5.54. The van der Waals surface area contributed by atoms with Crippen LogP contribution in [0.25, 0.3) is 10.9 Å². The van der Waals surface area contributed by atoms with Crippen molar-refractivity contribution in [1.82, 2.24) is 4.98 Å². The zero-order chi connectivity index (χ0) is 12.4. The van der Waals surface area contributed by atoms with Crippen molar-refractivity contribution in [2.24, 2.45) is 0 Å². The topological polar surface area (TPSA) is 25.4 Å². The Hall–Kier alpha value is -1.77. The molecule has 0 bridgehead atoms. The van der Waals surface area contributed by atoms with Crippen molar-refractivity contribution in [3.05, 3.63) is 30.5 Å². The van der Waals surface area contributed by atoms with E-state index in [-0.39, 0.29) is 0 Å². The van der Waals surface area contributed by atoms with Crippen LogP contribution in [0.3, 0.4) is 0 Å². The summed E-state index contributed by atoms with van der Waals surface area (Å²) in [5.74, 6) is 0.956. The Morgan fingerprint density at radius 2 is 1.94 bits per heavy atom. The quantitative estimate of drug-likeness (QED) is 0.808. The molecule has 0 spiro atoms. The van der Waals surface area contributed by atoms with Crippen LogP contribution in [0.4, 0.5) is 5.69 Å². The van der Waals surface area contributed by atoms with Gasteiger partial charge in [0, 0.05) is 24.7 Å². The van der Waals surface area contributed by atoms with Gasteiger partial charge in [-0.25, -0.2) is 0 Å². The zero-order valence-electron chi connectivity index (χ0n) is 10.7. The maximum atomic E-state index is 5.54. The second kappa shape index (κ2) is 4.84. The van der Waals surface area contributed by atoms with E-state index >= 15 is 0 Å². The van der Waals surface area contributed by atoms with E-state index in [2.05, 4.69) is 16.0 Å². The number of rotatable bonds is 2. The van der Waals surface area contributed by atoms with Crippen molar-refractivity contribution in [2.75, 3.05) is 25.1 Å². The van der Waals surface area contributed by atoms with Crippen LogP contribution < -0.4 is 9.64 Å². The minimum Gasteiger partial charge on any atom is -0.495 e. The fourth-order valence-electron chi connectivity index (χ4n) is 2.73. The number of nitrogens with zero attached hydrogens (tertiary/aromatic N) is 2. The van der Waals surface area contributed by atoms with E-state index in [0.717, 1.165) is 24.4 Å². The van der Waals surface area contributed by atoms with E-state index in [4.69, 9.17) is 4.74 Å². The van der Waals surface area contributed by atoms with Gasteiger partial charge in [0.05, 0.1) is 18.3 Å². The highest BCUT2D eigenvalue weighted by molar-refractivity contribution is 5.95. The summed E-state index contributed by atoms with van der Waals surface area (Å²) in [6, 6.07) is 8.19. The van der Waals surface area contributed by atoms with E-state index in [9.17, 15) is 0 Å². The molecule has 0 aliphatic carbocycles. The number of ether oxygens (including phenoxy) is 1. The lowest BCUT2D eigenvalue weighted by molar-refractivity contribution is 0.413. The van der Waals surface area contributed by atoms with Crippen LogP contribution in [0.15, 0.2) is 30.5 Å². The molecule has 1 aromatic heterocycles. The summed E-state index contributed by atoms with van der Waals surface area (Å²) in [4.78, 5) is 6.87. The molecule has 0 amide bonds. The van der Waals surface area contributed by atoms with Crippen molar-refractivity contribution in [2.45, 2.75) is 19.3 Å². The Labute approximate surface area is 107 Å². The van der Waals surface area contributed by atoms with Crippen LogP contribution in [-0.2, 0) is 0 Å². The number of benzene rings is 1. The molecule has 94 valence electrons. The maximum Gasteiger partial charge on any atom is 0.142 e. The Bertz CT molecular complexity index is 547. The van der Waals surface area contributed by atoms with Crippen LogP contribution in [0.5, 0.6) is 5.75 Å². The van der Waals surface area contributed by atoms with Crippen molar-refractivity contribution < 1.29 is 4.74 Å². The normalized spacial score (nSPS) is 15.9. The SMILES string of the molecule is COc1ccc2ncccc2c1N1CCCCC1. The van der Waals surface area contributed by atoms with Gasteiger partial charge in [-0.15, -0.1) is 0 Å². The molecule has 1 fully saturated rings. The molecular weight excluding hydrogens is 224 g/mol. The molecule has 0 radical (unpaired) electrons. The lowest BCUT2D eigenvalue weighted by Gasteiger charge is -2.31. The number of hydrogen-bond acceptors (Lipinski definition) is 3. The predicted molar refractivity (Wildman–Crippen MR) is 74.4 cm³/mol. The summed E-state index contributed by atoms with van der Waals surface area (Å²) < 4.78 is 5.54. The largest absolute Gasteiger partial charge is 0.495 e. The summed E-state index contributed by atoms with van der Waals surface area (Å²) in [5, 5.41) is 1.19. The first-order valence-corrected chi connectivity index (χ1v) is 6.57. The van der Waals surface area contributed by atoms with Gasteiger partial charge in [-0.3, -0.25) is 4.98 Å². The minimum absolute atomic E-state index is 0.956. The van der Waals surface area contributed by atoms with Gasteiger partial charge >= 0.3 is 0 Å². The summed E-state index contributed by atoms with van der Waals surface area (Å²) in [7, 11) is 1.74. The van der Waals surface area contributed by atoms with Gasteiger partial charge in [-0.05, 0) is 43.5 Å². The van der Waals surface area contributed by atoms with Crippen molar-refractivity contribution >= 4 is 16.6 Å². The standard InChI is InChI=1S/C15H18N2O/c1-18-14-8-7-13-12(6-5-9-16-13)15(14)17-10-3-2-4-11-17/h5-9H,2-4,10-11H2,1H3. The van der Waals surface area contributed by atoms with Gasteiger partial charge in [-0.1, -0.05) is 0 Å². The third kappa shape index (κ3) is 1.90. The Kier molecular flexibility index (Phi) is 3.05. The Morgan fingerprint density at radius 3 is 2.72 bits per heavy atom. The second-order valence-electron chi connectivity index (χ2n) is 4.73. The smallest absolute Gasteiger partial charge is 0.142 e. The molecule has 2 heterocycles. The highest BCUT2D eigenvalue weighted by Crippen LogP contribution is 2.36. The molecule has 18 heavy (non-hydrogen) atoms. The predicted octanol–water partition coefficient (Wildman–Crippen LogP) is 3.23. The number of pyridine rings is 1. The number of hydrogen-bond donors (Lipinski definition) is 0. The van der Waals surface area contributed by atoms with Gasteiger partial charge < -0.3 is 9.64 Å². The summed E-state index contributed by atoms with van der Waals surface area (Å²) in [6.45, 7) is 2.23. The van der Waals surface area contributed by atoms with Crippen LogP contribution >= 0.6 is 0 Å². The highest BCUT2D eigenvalue weighted by Gasteiger charge is 2.18. The molecule has 2 aromatic rings. The fourth-order valence-corrected chi connectivity index (χ4v) is 2.73. The molecule has 0 N–H and O–H groups in total. The average Bonchev–Trinajstić information content (AvgIpc) is 2.47. The van der Waals surface area contributed by atoms with Gasteiger partial charge in [0.1, 0.15) is 5.75 Å². The summed E-state index contributed by atoms with van der Waals surface area (Å²) >= 11 is 0. The average molecular weight is 242 g/mol. The number of fused-ring (bicyclic) bond motifs is 1. The van der Waals surface area contributed by atoms with Crippen LogP contribution in [0, 0.1) is 0 Å². The molecule has 0 saturated carbocycles. The highest BCUT2D eigenvalue weighted by atomic mass is 16.5. The minimum atomic E-state index is 0.956. The van der Waals surface area contributed by atoms with Crippen molar-refractivity contribution in [1.29, 1.82) is 0 Å². The monoisotopic (exact) mass is 242 g/mol. The number of piperidine rings is 1. The summed E-state index contributed by atoms with van der Waals surface area (Å²) in [6.07, 6.45) is 5.70.